The topological polar surface area (TPSA) is 133 Å². The van der Waals surface area contributed by atoms with E-state index in [-0.39, 0.29) is 33.7 Å². The summed E-state index contributed by atoms with van der Waals surface area (Å²) in [6.07, 6.45) is 1.38. The minimum atomic E-state index is -0.929. The molecular formula is C28H23N3O7S. The van der Waals surface area contributed by atoms with Crippen LogP contribution in [0.4, 0.5) is 5.69 Å². The van der Waals surface area contributed by atoms with Crippen molar-refractivity contribution in [3.63, 3.8) is 0 Å². The third kappa shape index (κ3) is 4.46. The second kappa shape index (κ2) is 10.2. The number of carbonyl (C=O) groups excluding carboxylic acids is 1. The van der Waals surface area contributed by atoms with Crippen LogP contribution < -0.4 is 19.6 Å². The lowest BCUT2D eigenvalue weighted by molar-refractivity contribution is -0.384. The number of ether oxygens (including phenoxy) is 2. The molecule has 1 aliphatic rings. The van der Waals surface area contributed by atoms with Crippen LogP contribution in [0.3, 0.4) is 0 Å². The molecule has 0 saturated heterocycles. The number of phenols is 1. The van der Waals surface area contributed by atoms with Gasteiger partial charge in [-0.2, -0.15) is 0 Å². The van der Waals surface area contributed by atoms with Crippen LogP contribution >= 0.6 is 11.3 Å². The monoisotopic (exact) mass is 545 g/mol. The number of phenolic OH excluding ortho intramolecular Hbond substituents is 1. The lowest BCUT2D eigenvalue weighted by Crippen LogP contribution is -2.40. The number of nitrogens with zero attached hydrogens (tertiary/aromatic N) is 3. The molecule has 1 aromatic heterocycles. The number of esters is 1. The first-order valence-corrected chi connectivity index (χ1v) is 12.8. The number of methoxy groups -OCH3 is 1. The molecule has 5 rings (SSSR count). The van der Waals surface area contributed by atoms with Crippen molar-refractivity contribution in [3.8, 4) is 11.5 Å². The Labute approximate surface area is 225 Å². The third-order valence-corrected chi connectivity index (χ3v) is 7.43. The summed E-state index contributed by atoms with van der Waals surface area (Å²) in [5.41, 5.74) is 0.571. The van der Waals surface area contributed by atoms with Crippen molar-refractivity contribution in [2.24, 2.45) is 4.99 Å². The molecule has 0 bridgehead atoms. The molecule has 11 heteroatoms. The predicted molar refractivity (Wildman–Crippen MR) is 146 cm³/mol. The summed E-state index contributed by atoms with van der Waals surface area (Å²) < 4.78 is 12.7. The second-order valence-electron chi connectivity index (χ2n) is 8.71. The van der Waals surface area contributed by atoms with Crippen LogP contribution in [0.1, 0.15) is 31.0 Å². The summed E-state index contributed by atoms with van der Waals surface area (Å²) in [5, 5.41) is 23.3. The van der Waals surface area contributed by atoms with Gasteiger partial charge in [0.25, 0.3) is 11.2 Å². The van der Waals surface area contributed by atoms with Gasteiger partial charge in [0.2, 0.25) is 0 Å². The number of hydrogen-bond acceptors (Lipinski definition) is 9. The molecule has 3 aromatic carbocycles. The van der Waals surface area contributed by atoms with Gasteiger partial charge in [-0.3, -0.25) is 19.5 Å². The van der Waals surface area contributed by atoms with Gasteiger partial charge in [-0.1, -0.05) is 41.7 Å². The zero-order valence-corrected chi connectivity index (χ0v) is 22.0. The molecule has 0 unspecified atom stereocenters. The van der Waals surface area contributed by atoms with E-state index in [1.54, 1.807) is 19.9 Å². The normalized spacial score (nSPS) is 15.2. The Balaban J connectivity index is 1.84. The van der Waals surface area contributed by atoms with E-state index >= 15 is 0 Å². The molecule has 0 amide bonds. The summed E-state index contributed by atoms with van der Waals surface area (Å²) in [7, 11) is 1.52. The van der Waals surface area contributed by atoms with Crippen molar-refractivity contribution in [2.75, 3.05) is 13.7 Å². The van der Waals surface area contributed by atoms with E-state index in [1.165, 1.54) is 36.0 Å². The average molecular weight is 546 g/mol. The summed E-state index contributed by atoms with van der Waals surface area (Å²) in [6, 6.07) is 13.9. The number of allylic oxidation sites excluding steroid dienone is 1. The highest BCUT2D eigenvalue weighted by atomic mass is 32.1. The summed E-state index contributed by atoms with van der Waals surface area (Å²) in [6.45, 7) is 3.51. The Bertz CT molecular complexity index is 1870. The molecule has 0 radical (unpaired) electrons. The highest BCUT2D eigenvalue weighted by Gasteiger charge is 2.36. The standard InChI is InChI=1S/C28H23N3O7S/c1-4-38-27(34)23-15(2)29-28-30(25(23)24-19-8-6-5-7-16(19)9-12-21(24)37-3)26(33)22(39-28)14-17-13-18(31(35)36)10-11-20(17)32/h5-14,25,32H,4H2,1-3H3/b22-14-/t25-/m1/s1. The Morgan fingerprint density at radius 1 is 1.23 bits per heavy atom. The lowest BCUT2D eigenvalue weighted by atomic mass is 9.90. The third-order valence-electron chi connectivity index (χ3n) is 6.45. The number of aromatic nitrogens is 1. The first-order chi connectivity index (χ1) is 18.7. The lowest BCUT2D eigenvalue weighted by Gasteiger charge is -2.27. The fourth-order valence-electron chi connectivity index (χ4n) is 4.71. The van der Waals surface area contributed by atoms with E-state index in [1.807, 2.05) is 30.3 Å². The quantitative estimate of drug-likeness (QED) is 0.222. The molecule has 0 saturated carbocycles. The molecule has 0 spiro atoms. The van der Waals surface area contributed by atoms with Crippen LogP contribution in [0.2, 0.25) is 0 Å². The van der Waals surface area contributed by atoms with Gasteiger partial charge in [-0.15, -0.1) is 0 Å². The molecule has 0 fully saturated rings. The minimum Gasteiger partial charge on any atom is -0.507 e. The van der Waals surface area contributed by atoms with E-state index in [2.05, 4.69) is 4.99 Å². The number of aromatic hydroxyl groups is 1. The molecule has 2 heterocycles. The van der Waals surface area contributed by atoms with Gasteiger partial charge in [0, 0.05) is 23.3 Å². The van der Waals surface area contributed by atoms with Crippen molar-refractivity contribution in [1.82, 2.24) is 4.57 Å². The van der Waals surface area contributed by atoms with Gasteiger partial charge < -0.3 is 14.6 Å². The number of non-ortho nitro benzene ring substituents is 1. The summed E-state index contributed by atoms with van der Waals surface area (Å²) in [5.74, 6) is -0.354. The first-order valence-electron chi connectivity index (χ1n) is 12.0. The molecular weight excluding hydrogens is 522 g/mol. The van der Waals surface area contributed by atoms with Crippen molar-refractivity contribution < 1.29 is 24.3 Å². The number of nitro benzene ring substituents is 1. The number of nitro groups is 1. The van der Waals surface area contributed by atoms with E-state index < -0.39 is 22.5 Å². The summed E-state index contributed by atoms with van der Waals surface area (Å²) >= 11 is 1.05. The van der Waals surface area contributed by atoms with Crippen LogP contribution in [-0.4, -0.2) is 34.3 Å². The molecule has 1 atom stereocenters. The van der Waals surface area contributed by atoms with Crippen molar-refractivity contribution in [3.05, 3.63) is 107 Å². The van der Waals surface area contributed by atoms with Crippen molar-refractivity contribution in [1.29, 1.82) is 0 Å². The number of hydrogen-bond donors (Lipinski definition) is 1. The van der Waals surface area contributed by atoms with Gasteiger partial charge in [0.05, 0.1) is 34.4 Å². The maximum absolute atomic E-state index is 14.0. The smallest absolute Gasteiger partial charge is 0.338 e. The Morgan fingerprint density at radius 3 is 2.72 bits per heavy atom. The maximum Gasteiger partial charge on any atom is 0.338 e. The van der Waals surface area contributed by atoms with Crippen LogP contribution in [0.5, 0.6) is 11.5 Å². The number of thiazole rings is 1. The van der Waals surface area contributed by atoms with Gasteiger partial charge in [0.15, 0.2) is 4.80 Å². The van der Waals surface area contributed by atoms with E-state index in [0.717, 1.165) is 22.1 Å². The molecule has 0 aliphatic carbocycles. The molecule has 4 aromatic rings. The van der Waals surface area contributed by atoms with Gasteiger partial charge in [-0.25, -0.2) is 9.79 Å². The number of carbonyl (C=O) groups is 1. The van der Waals surface area contributed by atoms with Gasteiger partial charge >= 0.3 is 5.97 Å². The van der Waals surface area contributed by atoms with Crippen molar-refractivity contribution in [2.45, 2.75) is 19.9 Å². The van der Waals surface area contributed by atoms with Crippen molar-refractivity contribution >= 4 is 39.8 Å². The minimum absolute atomic E-state index is 0.107. The fourth-order valence-corrected chi connectivity index (χ4v) is 5.75. The number of benzene rings is 3. The van der Waals surface area contributed by atoms with E-state index in [0.29, 0.717) is 21.8 Å². The van der Waals surface area contributed by atoms with Crippen LogP contribution in [0, 0.1) is 10.1 Å². The summed E-state index contributed by atoms with van der Waals surface area (Å²) in [4.78, 5) is 42.8. The zero-order valence-electron chi connectivity index (χ0n) is 21.2. The Kier molecular flexibility index (Phi) is 6.75. The SMILES string of the molecule is CCOC(=O)C1=C(C)N=c2s/c(=C\c3cc([N+](=O)[O-])ccc3O)c(=O)n2[C@H]1c1c(OC)ccc2ccccc12. The van der Waals surface area contributed by atoms with Crippen LogP contribution in [-0.2, 0) is 9.53 Å². The molecule has 1 aliphatic heterocycles. The van der Waals surface area contributed by atoms with Gasteiger partial charge in [0.1, 0.15) is 17.5 Å². The molecule has 39 heavy (non-hydrogen) atoms. The fraction of sp³-hybridized carbons (Fsp3) is 0.179. The highest BCUT2D eigenvalue weighted by Crippen LogP contribution is 2.40. The number of fused-ring (bicyclic) bond motifs is 2. The second-order valence-corrected chi connectivity index (χ2v) is 9.71. The predicted octanol–water partition coefficient (Wildman–Crippen LogP) is 3.57. The largest absolute Gasteiger partial charge is 0.507 e. The maximum atomic E-state index is 14.0. The number of rotatable bonds is 6. The van der Waals surface area contributed by atoms with Crippen LogP contribution in [0.15, 0.2) is 75.7 Å². The first kappa shape index (κ1) is 25.9. The highest BCUT2D eigenvalue weighted by molar-refractivity contribution is 7.07. The van der Waals surface area contributed by atoms with Gasteiger partial charge in [-0.05, 0) is 42.8 Å². The molecule has 1 N–H and O–H groups in total. The Morgan fingerprint density at radius 2 is 2.00 bits per heavy atom. The Hall–Kier alpha value is -4.77. The van der Waals surface area contributed by atoms with Crippen LogP contribution in [0.25, 0.3) is 16.8 Å². The average Bonchev–Trinajstić information content (AvgIpc) is 3.22. The molecule has 198 valence electrons. The zero-order chi connectivity index (χ0) is 27.8. The molecule has 10 nitrogen and oxygen atoms in total. The van der Waals surface area contributed by atoms with E-state index in [9.17, 15) is 24.8 Å². The van der Waals surface area contributed by atoms with E-state index in [4.69, 9.17) is 9.47 Å².